The minimum Gasteiger partial charge on any atom is -0.248 e. The molecule has 1 heterocycles. The van der Waals surface area contributed by atoms with Gasteiger partial charge >= 0.3 is 0 Å². The lowest BCUT2D eigenvalue weighted by Crippen LogP contribution is -2.33. The smallest absolute Gasteiger partial charge is 0.228 e. The van der Waals surface area contributed by atoms with Crippen LogP contribution in [0.1, 0.15) is 24.9 Å². The Morgan fingerprint density at radius 2 is 2.27 bits per heavy atom. The molecule has 1 N–H and O–H groups in total. The molecule has 1 rings (SSSR count). The van der Waals surface area contributed by atoms with Crippen LogP contribution in [0.4, 0.5) is 0 Å². The first-order valence-corrected chi connectivity index (χ1v) is 6.70. The number of nitriles is 1. The fraction of sp³-hybridized carbons (Fsp3) is 0.500. The zero-order valence-corrected chi connectivity index (χ0v) is 9.97. The minimum atomic E-state index is -3.58. The van der Waals surface area contributed by atoms with E-state index < -0.39 is 21.3 Å². The molecule has 2 unspecified atom stereocenters. The summed E-state index contributed by atoms with van der Waals surface area (Å²) in [6.07, 6.45) is 1.61. The Morgan fingerprint density at radius 3 is 2.73 bits per heavy atom. The van der Waals surface area contributed by atoms with Gasteiger partial charge in [-0.1, -0.05) is 0 Å². The van der Waals surface area contributed by atoms with Gasteiger partial charge in [-0.3, -0.25) is 0 Å². The highest BCUT2D eigenvalue weighted by Gasteiger charge is 2.23. The van der Waals surface area contributed by atoms with Crippen LogP contribution in [0.3, 0.4) is 0 Å². The summed E-state index contributed by atoms with van der Waals surface area (Å²) in [6, 6.07) is 1.29. The molecule has 0 aliphatic rings. The first-order valence-electron chi connectivity index (χ1n) is 4.27. The van der Waals surface area contributed by atoms with Crippen LogP contribution in [0, 0.1) is 11.3 Å². The van der Waals surface area contributed by atoms with Crippen molar-refractivity contribution in [3.05, 3.63) is 16.6 Å². The van der Waals surface area contributed by atoms with Gasteiger partial charge in [0.25, 0.3) is 0 Å². The number of aromatic nitrogens is 1. The average Bonchev–Trinajstić information content (AvgIpc) is 2.68. The van der Waals surface area contributed by atoms with Gasteiger partial charge in [0.1, 0.15) is 5.01 Å². The Labute approximate surface area is 92.8 Å². The molecule has 0 saturated heterocycles. The predicted octanol–water partition coefficient (Wildman–Crippen LogP) is 1.04. The minimum absolute atomic E-state index is 0.397. The monoisotopic (exact) mass is 245 g/mol. The molecule has 5 nitrogen and oxygen atoms in total. The van der Waals surface area contributed by atoms with E-state index in [4.69, 9.17) is 5.26 Å². The van der Waals surface area contributed by atoms with Crippen LogP contribution >= 0.6 is 11.3 Å². The van der Waals surface area contributed by atoms with Gasteiger partial charge in [0.2, 0.25) is 10.0 Å². The fourth-order valence-electron chi connectivity index (χ4n) is 0.917. The van der Waals surface area contributed by atoms with Gasteiger partial charge in [0, 0.05) is 11.6 Å². The van der Waals surface area contributed by atoms with E-state index >= 15 is 0 Å². The third-order valence-corrected chi connectivity index (χ3v) is 4.49. The van der Waals surface area contributed by atoms with Crippen LogP contribution in [0.2, 0.25) is 0 Å². The highest BCUT2D eigenvalue weighted by Crippen LogP contribution is 2.16. The largest absolute Gasteiger partial charge is 0.248 e. The van der Waals surface area contributed by atoms with Gasteiger partial charge in [0.05, 0.1) is 12.1 Å². The summed E-state index contributed by atoms with van der Waals surface area (Å²) >= 11 is 1.37. The molecule has 0 bridgehead atoms. The first kappa shape index (κ1) is 12.1. The van der Waals surface area contributed by atoms with Crippen molar-refractivity contribution in [2.24, 2.45) is 0 Å². The molecule has 1 aromatic heterocycles. The quantitative estimate of drug-likeness (QED) is 0.859. The molecular weight excluding hydrogens is 234 g/mol. The lowest BCUT2D eigenvalue weighted by atomic mass is 10.4. The molecule has 82 valence electrons. The van der Waals surface area contributed by atoms with Gasteiger partial charge < -0.3 is 0 Å². The van der Waals surface area contributed by atoms with E-state index in [1.54, 1.807) is 24.6 Å². The van der Waals surface area contributed by atoms with Gasteiger partial charge in [-0.15, -0.1) is 11.3 Å². The van der Waals surface area contributed by atoms with Crippen LogP contribution < -0.4 is 4.72 Å². The summed E-state index contributed by atoms with van der Waals surface area (Å²) in [6.45, 7) is 3.04. The lowest BCUT2D eigenvalue weighted by molar-refractivity contribution is 0.562. The van der Waals surface area contributed by atoms with Crippen molar-refractivity contribution >= 4 is 21.4 Å². The maximum absolute atomic E-state index is 11.5. The molecule has 0 spiro atoms. The SMILES string of the molecule is CC(NS(=O)(=O)C(C)C#N)c1nccs1. The summed E-state index contributed by atoms with van der Waals surface area (Å²) in [4.78, 5) is 3.99. The molecular formula is C8H11N3O2S2. The number of sulfonamides is 1. The second-order valence-electron chi connectivity index (χ2n) is 3.03. The van der Waals surface area contributed by atoms with Crippen molar-refractivity contribution in [2.45, 2.75) is 25.1 Å². The second-order valence-corrected chi connectivity index (χ2v) is 5.99. The molecule has 0 aliphatic carbocycles. The van der Waals surface area contributed by atoms with Gasteiger partial charge in [-0.25, -0.2) is 18.1 Å². The van der Waals surface area contributed by atoms with Crippen molar-refractivity contribution in [1.82, 2.24) is 9.71 Å². The third-order valence-electron chi connectivity index (χ3n) is 1.81. The van der Waals surface area contributed by atoms with Crippen molar-refractivity contribution < 1.29 is 8.42 Å². The number of hydrogen-bond acceptors (Lipinski definition) is 5. The molecule has 0 saturated carbocycles. The highest BCUT2D eigenvalue weighted by atomic mass is 32.2. The van der Waals surface area contributed by atoms with E-state index in [0.717, 1.165) is 0 Å². The Hall–Kier alpha value is -0.970. The number of thiazole rings is 1. The van der Waals surface area contributed by atoms with Gasteiger partial charge in [-0.05, 0) is 13.8 Å². The van der Waals surface area contributed by atoms with Crippen molar-refractivity contribution in [1.29, 1.82) is 5.26 Å². The van der Waals surface area contributed by atoms with Crippen LogP contribution in [0.15, 0.2) is 11.6 Å². The Morgan fingerprint density at radius 1 is 1.60 bits per heavy atom. The van der Waals surface area contributed by atoms with E-state index in [0.29, 0.717) is 5.01 Å². The molecule has 0 aliphatic heterocycles. The van der Waals surface area contributed by atoms with E-state index in [-0.39, 0.29) is 0 Å². The fourth-order valence-corrected chi connectivity index (χ4v) is 2.58. The Kier molecular flexibility index (Phi) is 3.79. The summed E-state index contributed by atoms with van der Waals surface area (Å²) in [5.74, 6) is 0. The van der Waals surface area contributed by atoms with Gasteiger partial charge in [-0.2, -0.15) is 5.26 Å². The molecule has 7 heteroatoms. The number of nitrogens with zero attached hydrogens (tertiary/aromatic N) is 2. The van der Waals surface area contributed by atoms with E-state index in [2.05, 4.69) is 9.71 Å². The summed E-state index contributed by atoms with van der Waals surface area (Å²) in [5, 5.41) is 9.93. The zero-order valence-electron chi connectivity index (χ0n) is 8.34. The second kappa shape index (κ2) is 4.70. The summed E-state index contributed by atoms with van der Waals surface area (Å²) in [5.41, 5.74) is 0. The Bertz CT molecular complexity index is 447. The predicted molar refractivity (Wildman–Crippen MR) is 57.7 cm³/mol. The highest BCUT2D eigenvalue weighted by molar-refractivity contribution is 7.90. The Balaban J connectivity index is 2.76. The zero-order chi connectivity index (χ0) is 11.5. The first-order chi connectivity index (χ1) is 6.97. The number of rotatable bonds is 4. The van der Waals surface area contributed by atoms with Crippen LogP contribution in [0.25, 0.3) is 0 Å². The number of nitrogens with one attached hydrogen (secondary N) is 1. The lowest BCUT2D eigenvalue weighted by Gasteiger charge is -2.12. The maximum atomic E-state index is 11.5. The molecule has 2 atom stereocenters. The van der Waals surface area contributed by atoms with E-state index in [1.807, 2.05) is 0 Å². The molecule has 0 aromatic carbocycles. The third kappa shape index (κ3) is 2.99. The number of hydrogen-bond donors (Lipinski definition) is 1. The standard InChI is InChI=1S/C8H11N3O2S2/c1-6(5-9)15(12,13)11-7(2)8-10-3-4-14-8/h3-4,6-7,11H,1-2H3. The van der Waals surface area contributed by atoms with Crippen molar-refractivity contribution in [3.8, 4) is 6.07 Å². The molecule has 0 fully saturated rings. The van der Waals surface area contributed by atoms with Gasteiger partial charge in [0.15, 0.2) is 5.25 Å². The maximum Gasteiger partial charge on any atom is 0.228 e. The molecule has 1 aromatic rings. The van der Waals surface area contributed by atoms with Crippen molar-refractivity contribution in [2.75, 3.05) is 0 Å². The van der Waals surface area contributed by atoms with Crippen LogP contribution in [-0.4, -0.2) is 18.7 Å². The average molecular weight is 245 g/mol. The van der Waals surface area contributed by atoms with E-state index in [9.17, 15) is 8.42 Å². The van der Waals surface area contributed by atoms with Crippen molar-refractivity contribution in [3.63, 3.8) is 0 Å². The summed E-state index contributed by atoms with van der Waals surface area (Å²) < 4.78 is 25.4. The molecule has 15 heavy (non-hydrogen) atoms. The van der Waals surface area contributed by atoms with Crippen LogP contribution in [-0.2, 0) is 10.0 Å². The van der Waals surface area contributed by atoms with E-state index in [1.165, 1.54) is 18.3 Å². The topological polar surface area (TPSA) is 82.9 Å². The molecule has 0 amide bonds. The van der Waals surface area contributed by atoms with Crippen LogP contribution in [0.5, 0.6) is 0 Å². The molecule has 0 radical (unpaired) electrons. The normalized spacial score (nSPS) is 15.5. The summed E-state index contributed by atoms with van der Waals surface area (Å²) in [7, 11) is -3.58.